The minimum absolute atomic E-state index is 0.0100. The zero-order valence-electron chi connectivity index (χ0n) is 16.8. The van der Waals surface area contributed by atoms with Crippen LogP contribution in [0.2, 0.25) is 0 Å². The van der Waals surface area contributed by atoms with Gasteiger partial charge in [0.15, 0.2) is 6.61 Å². The van der Waals surface area contributed by atoms with Crippen molar-refractivity contribution in [1.82, 2.24) is 15.5 Å². The zero-order chi connectivity index (χ0) is 21.1. The second-order valence-electron chi connectivity index (χ2n) is 8.12. The lowest BCUT2D eigenvalue weighted by Gasteiger charge is -2.36. The molecule has 9 nitrogen and oxygen atoms in total. The van der Waals surface area contributed by atoms with Crippen molar-refractivity contribution in [1.29, 1.82) is 5.26 Å². The molecule has 1 saturated heterocycles. The number of carbonyl (C=O) groups is 4. The highest BCUT2D eigenvalue weighted by atomic mass is 16.5. The van der Waals surface area contributed by atoms with E-state index in [4.69, 9.17) is 4.74 Å². The largest absolute Gasteiger partial charge is 0.454 e. The predicted octanol–water partition coefficient (Wildman–Crippen LogP) is 1.08. The molecule has 2 rings (SSSR count). The summed E-state index contributed by atoms with van der Waals surface area (Å²) < 4.78 is 4.90. The second-order valence-corrected chi connectivity index (χ2v) is 8.12. The van der Waals surface area contributed by atoms with Crippen molar-refractivity contribution in [3.05, 3.63) is 0 Å². The number of imide groups is 1. The van der Waals surface area contributed by atoms with Gasteiger partial charge in [0.2, 0.25) is 0 Å². The average molecular weight is 392 g/mol. The summed E-state index contributed by atoms with van der Waals surface area (Å²) in [5, 5.41) is 14.5. The van der Waals surface area contributed by atoms with Crippen molar-refractivity contribution in [3.8, 4) is 6.07 Å². The Morgan fingerprint density at radius 3 is 2.68 bits per heavy atom. The SMILES string of the molecule is CC(C)[C@](C)(C#N)NC(=O)COC(=O)CN1C(=O)N[C@]2(CCCC[C@H]2C)C1=O. The lowest BCUT2D eigenvalue weighted by molar-refractivity contribution is -0.151. The Kier molecular flexibility index (Phi) is 6.32. The fourth-order valence-corrected chi connectivity index (χ4v) is 3.59. The number of carbonyl (C=O) groups excluding carboxylic acids is 4. The van der Waals surface area contributed by atoms with Gasteiger partial charge in [-0.3, -0.25) is 19.3 Å². The Morgan fingerprint density at radius 1 is 1.43 bits per heavy atom. The van der Waals surface area contributed by atoms with Crippen LogP contribution in [0.4, 0.5) is 4.79 Å². The summed E-state index contributed by atoms with van der Waals surface area (Å²) in [4.78, 5) is 50.0. The van der Waals surface area contributed by atoms with E-state index in [1.165, 1.54) is 0 Å². The van der Waals surface area contributed by atoms with E-state index in [0.717, 1.165) is 24.2 Å². The van der Waals surface area contributed by atoms with Gasteiger partial charge in [-0.15, -0.1) is 0 Å². The van der Waals surface area contributed by atoms with Crippen molar-refractivity contribution in [2.75, 3.05) is 13.2 Å². The van der Waals surface area contributed by atoms with E-state index in [9.17, 15) is 24.4 Å². The van der Waals surface area contributed by atoms with Crippen LogP contribution in [0.15, 0.2) is 0 Å². The molecular formula is C19H28N4O5. The maximum absolute atomic E-state index is 12.8. The third-order valence-corrected chi connectivity index (χ3v) is 5.94. The maximum Gasteiger partial charge on any atom is 0.326 e. The third-order valence-electron chi connectivity index (χ3n) is 5.94. The summed E-state index contributed by atoms with van der Waals surface area (Å²) in [5.74, 6) is -2.05. The van der Waals surface area contributed by atoms with Crippen LogP contribution in [-0.2, 0) is 19.1 Å². The molecule has 0 aromatic rings. The van der Waals surface area contributed by atoms with Crippen molar-refractivity contribution >= 4 is 23.8 Å². The molecule has 0 bridgehead atoms. The Morgan fingerprint density at radius 2 is 2.11 bits per heavy atom. The summed E-state index contributed by atoms with van der Waals surface area (Å²) in [5.41, 5.74) is -2.03. The number of urea groups is 1. The summed E-state index contributed by atoms with van der Waals surface area (Å²) in [6.45, 7) is 5.93. The van der Waals surface area contributed by atoms with E-state index < -0.39 is 48.0 Å². The fourth-order valence-electron chi connectivity index (χ4n) is 3.59. The fraction of sp³-hybridized carbons (Fsp3) is 0.737. The second kappa shape index (κ2) is 8.17. The monoisotopic (exact) mass is 392 g/mol. The van der Waals surface area contributed by atoms with Gasteiger partial charge in [0.05, 0.1) is 6.07 Å². The molecule has 1 saturated carbocycles. The van der Waals surface area contributed by atoms with Crippen molar-refractivity contribution < 1.29 is 23.9 Å². The first kappa shape index (κ1) is 21.7. The van der Waals surface area contributed by atoms with Crippen LogP contribution in [0.5, 0.6) is 0 Å². The topological polar surface area (TPSA) is 129 Å². The standard InChI is InChI=1S/C19H28N4O5/c1-12(2)18(4,11-20)21-14(24)10-28-15(25)9-23-16(26)19(22-17(23)27)8-6-5-7-13(19)3/h12-13H,5-10H2,1-4H3,(H,21,24)(H,22,27)/t13-,18+,19+/m1/s1. The van der Waals surface area contributed by atoms with E-state index >= 15 is 0 Å². The van der Waals surface area contributed by atoms with Gasteiger partial charge in [-0.05, 0) is 31.6 Å². The number of amides is 4. The van der Waals surface area contributed by atoms with Crippen LogP contribution < -0.4 is 10.6 Å². The summed E-state index contributed by atoms with van der Waals surface area (Å²) in [7, 11) is 0. The number of nitriles is 1. The van der Waals surface area contributed by atoms with Gasteiger partial charge in [-0.1, -0.05) is 33.6 Å². The molecule has 154 valence electrons. The first-order valence-electron chi connectivity index (χ1n) is 9.57. The quantitative estimate of drug-likeness (QED) is 0.514. The van der Waals surface area contributed by atoms with E-state index in [1.54, 1.807) is 20.8 Å². The van der Waals surface area contributed by atoms with E-state index in [0.29, 0.717) is 6.42 Å². The molecular weight excluding hydrogens is 364 g/mol. The van der Waals surface area contributed by atoms with E-state index in [2.05, 4.69) is 10.6 Å². The number of hydrogen-bond acceptors (Lipinski definition) is 6. The third kappa shape index (κ3) is 4.11. The van der Waals surface area contributed by atoms with Crippen molar-refractivity contribution in [3.63, 3.8) is 0 Å². The molecule has 0 unspecified atom stereocenters. The lowest BCUT2D eigenvalue weighted by Crippen LogP contribution is -2.54. The first-order chi connectivity index (χ1) is 13.1. The van der Waals surface area contributed by atoms with Crippen LogP contribution in [0.25, 0.3) is 0 Å². The van der Waals surface area contributed by atoms with Crippen LogP contribution in [0.1, 0.15) is 53.4 Å². The Balaban J connectivity index is 1.91. The summed E-state index contributed by atoms with van der Waals surface area (Å²) in [6, 6.07) is 1.41. The molecule has 1 heterocycles. The van der Waals surface area contributed by atoms with Crippen molar-refractivity contribution in [2.24, 2.45) is 11.8 Å². The van der Waals surface area contributed by atoms with E-state index in [-0.39, 0.29) is 11.8 Å². The molecule has 4 amide bonds. The Hall–Kier alpha value is -2.63. The minimum atomic E-state index is -1.09. The van der Waals surface area contributed by atoms with Gasteiger partial charge < -0.3 is 15.4 Å². The van der Waals surface area contributed by atoms with Gasteiger partial charge in [0.25, 0.3) is 11.8 Å². The highest BCUT2D eigenvalue weighted by Gasteiger charge is 2.55. The number of hydrogen-bond donors (Lipinski definition) is 2. The van der Waals surface area contributed by atoms with Crippen LogP contribution in [0.3, 0.4) is 0 Å². The highest BCUT2D eigenvalue weighted by Crippen LogP contribution is 2.38. The average Bonchev–Trinajstić information content (AvgIpc) is 2.87. The molecule has 28 heavy (non-hydrogen) atoms. The molecule has 9 heteroatoms. The molecule has 0 aromatic carbocycles. The minimum Gasteiger partial charge on any atom is -0.454 e. The number of nitrogens with zero attached hydrogens (tertiary/aromatic N) is 2. The Bertz CT molecular complexity index is 716. The summed E-state index contributed by atoms with van der Waals surface area (Å²) >= 11 is 0. The molecule has 2 aliphatic rings. The molecule has 2 fully saturated rings. The smallest absolute Gasteiger partial charge is 0.326 e. The number of rotatable bonds is 6. The Labute approximate surface area is 164 Å². The molecule has 2 N–H and O–H groups in total. The van der Waals surface area contributed by atoms with Gasteiger partial charge in [-0.2, -0.15) is 5.26 Å². The number of nitrogens with one attached hydrogen (secondary N) is 2. The normalized spacial score (nSPS) is 26.6. The summed E-state index contributed by atoms with van der Waals surface area (Å²) in [6.07, 6.45) is 3.22. The molecule has 3 atom stereocenters. The maximum atomic E-state index is 12.8. The van der Waals surface area contributed by atoms with Gasteiger partial charge in [-0.25, -0.2) is 4.79 Å². The highest BCUT2D eigenvalue weighted by molar-refractivity contribution is 6.09. The molecule has 0 radical (unpaired) electrons. The molecule has 1 spiro atoms. The predicted molar refractivity (Wildman–Crippen MR) is 98.6 cm³/mol. The zero-order valence-corrected chi connectivity index (χ0v) is 16.8. The number of ether oxygens (including phenoxy) is 1. The van der Waals surface area contributed by atoms with Crippen molar-refractivity contribution in [2.45, 2.75) is 64.5 Å². The molecule has 1 aliphatic carbocycles. The first-order valence-corrected chi connectivity index (χ1v) is 9.57. The number of esters is 1. The molecule has 0 aromatic heterocycles. The van der Waals surface area contributed by atoms with Crippen LogP contribution in [0, 0.1) is 23.2 Å². The lowest BCUT2D eigenvalue weighted by atomic mass is 9.73. The van der Waals surface area contributed by atoms with Gasteiger partial charge in [0, 0.05) is 0 Å². The van der Waals surface area contributed by atoms with Gasteiger partial charge in [0.1, 0.15) is 17.6 Å². The molecule has 1 aliphatic heterocycles. The van der Waals surface area contributed by atoms with Crippen LogP contribution in [-0.4, -0.2) is 52.9 Å². The van der Waals surface area contributed by atoms with Gasteiger partial charge >= 0.3 is 12.0 Å². The van der Waals surface area contributed by atoms with E-state index in [1.807, 2.05) is 13.0 Å². The van der Waals surface area contributed by atoms with Crippen LogP contribution >= 0.6 is 0 Å².